The molecule has 14 heteroatoms. The first-order valence-electron chi connectivity index (χ1n) is 20.9. The van der Waals surface area contributed by atoms with E-state index in [1.165, 1.54) is 30.3 Å². The number of carbonyl (C=O) groups excluding carboxylic acids is 4. The van der Waals surface area contributed by atoms with Gasteiger partial charge in [-0.3, -0.25) is 19.2 Å². The molecule has 0 aliphatic rings. The maximum Gasteiger partial charge on any atom is 0.326 e. The molecule has 0 aromatic heterocycles. The molecule has 0 aliphatic carbocycles. The molecule has 0 aliphatic heterocycles. The van der Waals surface area contributed by atoms with E-state index >= 15 is 0 Å². The van der Waals surface area contributed by atoms with Crippen LogP contribution in [0.5, 0.6) is 0 Å². The first-order valence-corrected chi connectivity index (χ1v) is 20.9. The third-order valence-electron chi connectivity index (χ3n) is 11.0. The van der Waals surface area contributed by atoms with Crippen molar-refractivity contribution in [1.82, 2.24) is 21.3 Å². The summed E-state index contributed by atoms with van der Waals surface area (Å²) >= 11 is 0. The number of nitrogens with one attached hydrogen (secondary N) is 4. The Morgan fingerprint density at radius 3 is 0.969 bits per heavy atom. The second kappa shape index (κ2) is 22.5. The molecule has 0 heterocycles. The predicted molar refractivity (Wildman–Crippen MR) is 239 cm³/mol. The Labute approximate surface area is 371 Å². The van der Waals surface area contributed by atoms with Crippen molar-refractivity contribution in [2.75, 3.05) is 0 Å². The minimum atomic E-state index is -1.36. The van der Waals surface area contributed by atoms with Gasteiger partial charge in [0.1, 0.15) is 18.1 Å². The summed E-state index contributed by atoms with van der Waals surface area (Å²) in [5, 5.41) is 40.8. The molecule has 5 atom stereocenters. The van der Waals surface area contributed by atoms with Gasteiger partial charge in [-0.15, -0.1) is 0 Å². The molecule has 64 heavy (non-hydrogen) atoms. The van der Waals surface area contributed by atoms with Crippen molar-refractivity contribution < 1.29 is 48.9 Å². The molecule has 5 aromatic rings. The summed E-state index contributed by atoms with van der Waals surface area (Å²) in [5.41, 5.74) is 2.50. The lowest BCUT2D eigenvalue weighted by molar-refractivity contribution is -0.140. The fraction of sp³-hybridized carbons (Fsp3) is 0.260. The third-order valence-corrected chi connectivity index (χ3v) is 11.0. The second-order valence-corrected chi connectivity index (χ2v) is 15.8. The molecular weight excluding hydrogens is 817 g/mol. The first kappa shape index (κ1) is 47.4. The highest BCUT2D eigenvalue weighted by Gasteiger charge is 2.26. The van der Waals surface area contributed by atoms with Crippen LogP contribution in [0.25, 0.3) is 0 Å². The summed E-state index contributed by atoms with van der Waals surface area (Å²) in [5.74, 6) is -6.66. The molecule has 0 fully saturated rings. The van der Waals surface area contributed by atoms with Crippen molar-refractivity contribution in [3.63, 3.8) is 0 Å². The summed E-state index contributed by atoms with van der Waals surface area (Å²) in [6.45, 7) is 5.83. The van der Waals surface area contributed by atoms with Crippen LogP contribution in [0, 0.1) is 5.92 Å². The molecule has 0 saturated carbocycles. The molecule has 5 aromatic carbocycles. The normalized spacial score (nSPS) is 13.2. The van der Waals surface area contributed by atoms with E-state index < -0.39 is 59.7 Å². The van der Waals surface area contributed by atoms with Crippen LogP contribution in [0.4, 0.5) is 0 Å². The molecule has 5 unspecified atom stereocenters. The highest BCUT2D eigenvalue weighted by molar-refractivity contribution is 6.03. The van der Waals surface area contributed by atoms with E-state index in [0.717, 1.165) is 6.42 Å². The van der Waals surface area contributed by atoms with Crippen molar-refractivity contribution in [1.29, 1.82) is 0 Å². The van der Waals surface area contributed by atoms with Gasteiger partial charge < -0.3 is 36.6 Å². The lowest BCUT2D eigenvalue weighted by Gasteiger charge is -2.21. The lowest BCUT2D eigenvalue weighted by atomic mass is 9.95. The Morgan fingerprint density at radius 1 is 0.422 bits per heavy atom. The van der Waals surface area contributed by atoms with E-state index in [9.17, 15) is 48.9 Å². The van der Waals surface area contributed by atoms with Crippen molar-refractivity contribution in [2.45, 2.75) is 77.0 Å². The summed E-state index contributed by atoms with van der Waals surface area (Å²) in [6, 6.07) is 30.3. The van der Waals surface area contributed by atoms with Gasteiger partial charge in [0.05, 0.1) is 0 Å². The smallest absolute Gasteiger partial charge is 0.326 e. The second-order valence-electron chi connectivity index (χ2n) is 15.8. The summed E-state index contributed by atoms with van der Waals surface area (Å²) < 4.78 is 0. The molecule has 0 bridgehead atoms. The molecule has 5 rings (SSSR count). The highest BCUT2D eigenvalue weighted by Crippen LogP contribution is 2.21. The summed E-state index contributed by atoms with van der Waals surface area (Å²) in [4.78, 5) is 92.4. The zero-order valence-electron chi connectivity index (χ0n) is 35.7. The van der Waals surface area contributed by atoms with Crippen LogP contribution >= 0.6 is 0 Å². The standard InChI is InChI=1S/C50H52N4O10/c1-4-30(2)31(3)51-44(55)37-21-35(22-38(28-37)45(56)52-41(48(59)60)25-32-14-8-5-9-15-32)20-36-23-39(46(57)53-42(49(61)62)26-33-16-10-6-11-17-33)29-40(24-36)47(58)54-43(50(63)64)27-34-18-12-7-13-19-34/h5-19,21-24,28-31,41-43H,4,20,25-27H2,1-3H3,(H,51,55)(H,52,56)(H,53,57)(H,54,58)(H,59,60)(H,61,62)(H,63,64). The van der Waals surface area contributed by atoms with Crippen LogP contribution < -0.4 is 21.3 Å². The number of carboxylic acid groups (broad SMARTS) is 3. The average molecular weight is 869 g/mol. The Hall–Kier alpha value is -7.61. The monoisotopic (exact) mass is 868 g/mol. The Balaban J connectivity index is 1.54. The van der Waals surface area contributed by atoms with Crippen LogP contribution in [0.15, 0.2) is 127 Å². The van der Waals surface area contributed by atoms with Gasteiger partial charge in [-0.25, -0.2) is 14.4 Å². The van der Waals surface area contributed by atoms with E-state index in [1.54, 1.807) is 97.1 Å². The number of hydrogen-bond donors (Lipinski definition) is 7. The molecule has 0 saturated heterocycles. The zero-order chi connectivity index (χ0) is 46.3. The minimum Gasteiger partial charge on any atom is -0.480 e. The largest absolute Gasteiger partial charge is 0.480 e. The maximum atomic E-state index is 13.9. The molecular formula is C50H52N4O10. The van der Waals surface area contributed by atoms with Gasteiger partial charge in [0.15, 0.2) is 0 Å². The van der Waals surface area contributed by atoms with Crippen molar-refractivity contribution >= 4 is 41.5 Å². The predicted octanol–water partition coefficient (Wildman–Crippen LogP) is 5.72. The van der Waals surface area contributed by atoms with E-state index in [4.69, 9.17) is 0 Å². The van der Waals surface area contributed by atoms with E-state index in [-0.39, 0.29) is 59.9 Å². The topological polar surface area (TPSA) is 228 Å². The minimum absolute atomic E-state index is 0.0107. The number of amides is 4. The number of rotatable bonds is 21. The van der Waals surface area contributed by atoms with Gasteiger partial charge in [-0.1, -0.05) is 111 Å². The third kappa shape index (κ3) is 13.7. The number of hydrogen-bond acceptors (Lipinski definition) is 7. The van der Waals surface area contributed by atoms with Crippen LogP contribution in [-0.2, 0) is 40.1 Å². The van der Waals surface area contributed by atoms with Crippen LogP contribution in [-0.4, -0.2) is 81.0 Å². The van der Waals surface area contributed by atoms with Gasteiger partial charge in [-0.2, -0.15) is 0 Å². The van der Waals surface area contributed by atoms with E-state index in [1.807, 2.05) is 20.8 Å². The van der Waals surface area contributed by atoms with Crippen molar-refractivity contribution in [3.8, 4) is 0 Å². The SMILES string of the molecule is CCC(C)C(C)NC(=O)c1cc(Cc2cc(C(=O)NC(Cc3ccccc3)C(=O)O)cc(C(=O)NC(Cc3ccccc3)C(=O)O)c2)cc(C(=O)NC(Cc2ccccc2)C(=O)O)c1. The fourth-order valence-electron chi connectivity index (χ4n) is 7.01. The number of benzene rings is 5. The van der Waals surface area contributed by atoms with Gasteiger partial charge in [0.2, 0.25) is 0 Å². The Morgan fingerprint density at radius 2 is 0.703 bits per heavy atom. The molecule has 0 radical (unpaired) electrons. The summed E-state index contributed by atoms with van der Waals surface area (Å²) in [7, 11) is 0. The summed E-state index contributed by atoms with van der Waals surface area (Å²) in [6.07, 6.45) is 0.598. The van der Waals surface area contributed by atoms with Gasteiger partial charge in [0, 0.05) is 47.6 Å². The quantitative estimate of drug-likeness (QED) is 0.0475. The number of aliphatic carboxylic acids is 3. The van der Waals surface area contributed by atoms with Crippen molar-refractivity contribution in [3.05, 3.63) is 177 Å². The van der Waals surface area contributed by atoms with Crippen LogP contribution in [0.3, 0.4) is 0 Å². The molecule has 14 nitrogen and oxygen atoms in total. The van der Waals surface area contributed by atoms with Gasteiger partial charge in [-0.05, 0) is 83.5 Å². The Kier molecular flexibility index (Phi) is 16.7. The first-order chi connectivity index (χ1) is 30.6. The zero-order valence-corrected chi connectivity index (χ0v) is 35.7. The number of carboxylic acids is 3. The Bertz CT molecular complexity index is 2370. The molecule has 332 valence electrons. The molecule has 4 amide bonds. The maximum absolute atomic E-state index is 13.9. The number of carbonyl (C=O) groups is 7. The fourth-order valence-corrected chi connectivity index (χ4v) is 7.01. The van der Waals surface area contributed by atoms with Crippen LogP contribution in [0.1, 0.15) is 96.4 Å². The van der Waals surface area contributed by atoms with Crippen molar-refractivity contribution in [2.24, 2.45) is 5.92 Å². The molecule has 7 N–H and O–H groups in total. The average Bonchev–Trinajstić information content (AvgIpc) is 3.28. The highest BCUT2D eigenvalue weighted by atomic mass is 16.4. The van der Waals surface area contributed by atoms with E-state index in [0.29, 0.717) is 27.8 Å². The van der Waals surface area contributed by atoms with E-state index in [2.05, 4.69) is 21.3 Å². The molecule has 0 spiro atoms. The lowest BCUT2D eigenvalue weighted by Crippen LogP contribution is -2.43. The van der Waals surface area contributed by atoms with Crippen LogP contribution in [0.2, 0.25) is 0 Å². The van der Waals surface area contributed by atoms with Gasteiger partial charge >= 0.3 is 17.9 Å². The van der Waals surface area contributed by atoms with Gasteiger partial charge in [0.25, 0.3) is 23.6 Å².